The number of benzene rings is 1. The number of nitrogens with zero attached hydrogens (tertiary/aromatic N) is 1. The first-order chi connectivity index (χ1) is 11.3. The SMILES string of the molecule is COc1ccc(NC(=S)N/N=C2\C(=O)C3(C)CCC2C3(C)C)cc1. The lowest BCUT2D eigenvalue weighted by molar-refractivity contribution is -0.123. The Kier molecular flexibility index (Phi) is 4.11. The molecule has 0 radical (unpaired) electrons. The average Bonchev–Trinajstić information content (AvgIpc) is 2.86. The van der Waals surface area contributed by atoms with Crippen molar-refractivity contribution in [2.45, 2.75) is 33.6 Å². The van der Waals surface area contributed by atoms with Crippen LogP contribution < -0.4 is 15.5 Å². The van der Waals surface area contributed by atoms with Gasteiger partial charge < -0.3 is 10.1 Å². The van der Waals surface area contributed by atoms with E-state index < -0.39 is 0 Å². The van der Waals surface area contributed by atoms with Gasteiger partial charge in [-0.3, -0.25) is 10.2 Å². The second kappa shape index (κ2) is 5.84. The third-order valence-corrected chi connectivity index (χ3v) is 6.11. The molecule has 2 bridgehead atoms. The maximum atomic E-state index is 12.7. The fourth-order valence-electron chi connectivity index (χ4n) is 3.90. The summed E-state index contributed by atoms with van der Waals surface area (Å²) in [5.41, 5.74) is 3.95. The highest BCUT2D eigenvalue weighted by Crippen LogP contribution is 2.62. The van der Waals surface area contributed by atoms with Crippen LogP contribution in [-0.2, 0) is 4.79 Å². The Morgan fingerprint density at radius 1 is 1.29 bits per heavy atom. The molecule has 128 valence electrons. The average molecular weight is 345 g/mol. The Morgan fingerprint density at radius 2 is 1.96 bits per heavy atom. The number of carbonyl (C=O) groups excluding carboxylic acids is 1. The molecule has 2 atom stereocenters. The minimum atomic E-state index is -0.302. The van der Waals surface area contributed by atoms with Gasteiger partial charge in [0.2, 0.25) is 0 Å². The lowest BCUT2D eigenvalue weighted by atomic mass is 9.70. The number of thiocarbonyl (C=S) groups is 1. The number of fused-ring (bicyclic) bond motifs is 2. The van der Waals surface area contributed by atoms with Crippen molar-refractivity contribution < 1.29 is 9.53 Å². The van der Waals surface area contributed by atoms with Gasteiger partial charge in [0.15, 0.2) is 10.9 Å². The molecule has 0 saturated heterocycles. The van der Waals surface area contributed by atoms with Crippen molar-refractivity contribution in [2.75, 3.05) is 12.4 Å². The van der Waals surface area contributed by atoms with Gasteiger partial charge in [-0.25, -0.2) is 0 Å². The highest BCUT2D eigenvalue weighted by Gasteiger charge is 2.65. The van der Waals surface area contributed by atoms with Crippen LogP contribution >= 0.6 is 12.2 Å². The Labute approximate surface area is 147 Å². The minimum absolute atomic E-state index is 0.0460. The van der Waals surface area contributed by atoms with Crippen LogP contribution in [-0.4, -0.2) is 23.7 Å². The van der Waals surface area contributed by atoms with E-state index in [0.29, 0.717) is 10.8 Å². The fraction of sp³-hybridized carbons (Fsp3) is 0.500. The summed E-state index contributed by atoms with van der Waals surface area (Å²) in [4.78, 5) is 12.7. The molecule has 3 rings (SSSR count). The molecule has 2 unspecified atom stereocenters. The van der Waals surface area contributed by atoms with E-state index >= 15 is 0 Å². The smallest absolute Gasteiger partial charge is 0.191 e. The number of anilines is 1. The van der Waals surface area contributed by atoms with Gasteiger partial charge in [0.05, 0.1) is 7.11 Å². The summed E-state index contributed by atoms with van der Waals surface area (Å²) in [7, 11) is 1.62. The van der Waals surface area contributed by atoms with E-state index in [2.05, 4.69) is 36.6 Å². The Bertz CT molecular complexity index is 711. The monoisotopic (exact) mass is 345 g/mol. The zero-order valence-corrected chi connectivity index (χ0v) is 15.3. The maximum absolute atomic E-state index is 12.7. The molecule has 1 aromatic rings. The molecule has 0 spiro atoms. The van der Waals surface area contributed by atoms with Gasteiger partial charge in [-0.2, -0.15) is 5.10 Å². The fourth-order valence-corrected chi connectivity index (χ4v) is 4.06. The predicted octanol–water partition coefficient (Wildman–Crippen LogP) is 3.36. The molecule has 0 heterocycles. The molecule has 6 heteroatoms. The molecule has 2 saturated carbocycles. The summed E-state index contributed by atoms with van der Waals surface area (Å²) >= 11 is 5.27. The standard InChI is InChI=1S/C18H23N3O2S/c1-17(2)13-9-10-18(17,3)15(22)14(13)20-21-16(24)19-11-5-7-12(23-4)8-6-11/h5-8,13H,9-10H2,1-4H3,(H2,19,21,24)/b20-14-. The van der Waals surface area contributed by atoms with Crippen molar-refractivity contribution in [3.05, 3.63) is 24.3 Å². The molecule has 5 nitrogen and oxygen atoms in total. The van der Waals surface area contributed by atoms with E-state index in [9.17, 15) is 4.79 Å². The van der Waals surface area contributed by atoms with Gasteiger partial charge in [0.1, 0.15) is 11.5 Å². The number of hydrogen-bond acceptors (Lipinski definition) is 4. The van der Waals surface area contributed by atoms with Gasteiger partial charge in [-0.1, -0.05) is 20.8 Å². The quantitative estimate of drug-likeness (QED) is 0.650. The van der Waals surface area contributed by atoms with Crippen LogP contribution in [0.15, 0.2) is 29.4 Å². The lowest BCUT2D eigenvalue weighted by Crippen LogP contribution is -2.34. The topological polar surface area (TPSA) is 62.7 Å². The Balaban J connectivity index is 1.67. The number of nitrogens with one attached hydrogen (secondary N) is 2. The second-order valence-electron chi connectivity index (χ2n) is 7.27. The van der Waals surface area contributed by atoms with E-state index in [1.807, 2.05) is 24.3 Å². The number of hydrogen-bond donors (Lipinski definition) is 2. The van der Waals surface area contributed by atoms with Crippen LogP contribution in [0.4, 0.5) is 5.69 Å². The lowest BCUT2D eigenvalue weighted by Gasteiger charge is -2.31. The largest absolute Gasteiger partial charge is 0.497 e. The van der Waals surface area contributed by atoms with Crippen molar-refractivity contribution in [2.24, 2.45) is 21.8 Å². The van der Waals surface area contributed by atoms with Crippen LogP contribution in [0.1, 0.15) is 33.6 Å². The van der Waals surface area contributed by atoms with Gasteiger partial charge in [-0.15, -0.1) is 0 Å². The normalized spacial score (nSPS) is 28.9. The van der Waals surface area contributed by atoms with Crippen LogP contribution in [0.3, 0.4) is 0 Å². The summed E-state index contributed by atoms with van der Waals surface area (Å²) in [5, 5.41) is 7.77. The molecular formula is C18H23N3O2S. The van der Waals surface area contributed by atoms with Crippen molar-refractivity contribution in [1.82, 2.24) is 5.43 Å². The summed E-state index contributed by atoms with van der Waals surface area (Å²) in [6, 6.07) is 7.43. The first kappa shape index (κ1) is 16.9. The van der Waals surface area contributed by atoms with Gasteiger partial charge >= 0.3 is 0 Å². The zero-order chi connectivity index (χ0) is 17.5. The number of methoxy groups -OCH3 is 1. The Hall–Kier alpha value is -1.95. The molecule has 0 aliphatic heterocycles. The summed E-state index contributed by atoms with van der Waals surface area (Å²) in [6.07, 6.45) is 1.95. The molecule has 2 N–H and O–H groups in total. The maximum Gasteiger partial charge on any atom is 0.191 e. The number of rotatable bonds is 3. The minimum Gasteiger partial charge on any atom is -0.497 e. The van der Waals surface area contributed by atoms with Crippen molar-refractivity contribution in [1.29, 1.82) is 0 Å². The number of carbonyl (C=O) groups is 1. The third kappa shape index (κ3) is 2.49. The zero-order valence-electron chi connectivity index (χ0n) is 14.5. The molecule has 0 amide bonds. The van der Waals surface area contributed by atoms with E-state index in [1.54, 1.807) is 7.11 Å². The second-order valence-corrected chi connectivity index (χ2v) is 7.67. The van der Waals surface area contributed by atoms with Crippen LogP contribution in [0, 0.1) is 16.7 Å². The Morgan fingerprint density at radius 3 is 2.50 bits per heavy atom. The number of hydrazone groups is 1. The van der Waals surface area contributed by atoms with Crippen LogP contribution in [0.5, 0.6) is 5.75 Å². The first-order valence-corrected chi connectivity index (χ1v) is 8.54. The van der Waals surface area contributed by atoms with E-state index in [4.69, 9.17) is 17.0 Å². The third-order valence-electron chi connectivity index (χ3n) is 5.92. The molecule has 2 fully saturated rings. The number of Topliss-reactive ketones (excluding diaryl/α,β-unsaturated/α-hetero) is 1. The van der Waals surface area contributed by atoms with Gasteiger partial charge in [0.25, 0.3) is 0 Å². The van der Waals surface area contributed by atoms with E-state index in [0.717, 1.165) is 24.3 Å². The molecule has 2 aliphatic rings. The van der Waals surface area contributed by atoms with Gasteiger partial charge in [-0.05, 0) is 54.7 Å². The highest BCUT2D eigenvalue weighted by molar-refractivity contribution is 7.80. The van der Waals surface area contributed by atoms with E-state index in [-0.39, 0.29) is 22.5 Å². The predicted molar refractivity (Wildman–Crippen MR) is 99.4 cm³/mol. The van der Waals surface area contributed by atoms with E-state index in [1.165, 1.54) is 0 Å². The summed E-state index contributed by atoms with van der Waals surface area (Å²) in [6.45, 7) is 6.39. The van der Waals surface area contributed by atoms with Crippen molar-refractivity contribution >= 4 is 34.5 Å². The number of ether oxygens (including phenoxy) is 1. The highest BCUT2D eigenvalue weighted by atomic mass is 32.1. The van der Waals surface area contributed by atoms with Gasteiger partial charge in [0, 0.05) is 17.0 Å². The molecule has 2 aliphatic carbocycles. The van der Waals surface area contributed by atoms with Crippen molar-refractivity contribution in [3.63, 3.8) is 0 Å². The summed E-state index contributed by atoms with van der Waals surface area (Å²) in [5.74, 6) is 1.14. The number of ketones is 1. The molecule has 24 heavy (non-hydrogen) atoms. The molecule has 1 aromatic carbocycles. The first-order valence-electron chi connectivity index (χ1n) is 8.13. The molecular weight excluding hydrogens is 322 g/mol. The van der Waals surface area contributed by atoms with Crippen LogP contribution in [0.2, 0.25) is 0 Å². The van der Waals surface area contributed by atoms with Crippen LogP contribution in [0.25, 0.3) is 0 Å². The van der Waals surface area contributed by atoms with Crippen molar-refractivity contribution in [3.8, 4) is 5.75 Å². The molecule has 0 aromatic heterocycles. The summed E-state index contributed by atoms with van der Waals surface area (Å²) < 4.78 is 5.12.